The summed E-state index contributed by atoms with van der Waals surface area (Å²) in [4.78, 5) is 64.3. The van der Waals surface area contributed by atoms with Crippen molar-refractivity contribution in [2.45, 2.75) is 44.2 Å². The summed E-state index contributed by atoms with van der Waals surface area (Å²) in [5, 5.41) is 27.6. The molecule has 0 fully saturated rings. The van der Waals surface area contributed by atoms with E-state index in [4.69, 9.17) is 27.2 Å². The molecule has 0 saturated heterocycles. The van der Waals surface area contributed by atoms with Crippen LogP contribution in [0.5, 0.6) is 0 Å². The molecule has 16 nitrogen and oxygen atoms in total. The van der Waals surface area contributed by atoms with E-state index in [1.54, 1.807) is 0 Å². The highest BCUT2D eigenvalue weighted by atomic mass is 16.4. The Bertz CT molecular complexity index is 761. The topological polar surface area (TPSA) is 275 Å². The Labute approximate surface area is 182 Å². The van der Waals surface area contributed by atoms with Gasteiger partial charge < -0.3 is 37.6 Å². The number of azide groups is 1. The van der Waals surface area contributed by atoms with E-state index < -0.39 is 54.7 Å². The highest BCUT2D eigenvalue weighted by molar-refractivity contribution is 5.92. The first-order valence-electron chi connectivity index (χ1n) is 9.44. The van der Waals surface area contributed by atoms with E-state index >= 15 is 0 Å². The molecule has 0 heterocycles. The minimum absolute atomic E-state index is 0.00727. The Morgan fingerprint density at radius 2 is 1.62 bits per heavy atom. The molecule has 32 heavy (non-hydrogen) atoms. The Balaban J connectivity index is 4.86. The molecule has 0 aromatic rings. The average molecular weight is 457 g/mol. The average Bonchev–Trinajstić information content (AvgIpc) is 2.70. The van der Waals surface area contributed by atoms with Crippen LogP contribution in [-0.2, 0) is 24.0 Å². The van der Waals surface area contributed by atoms with Crippen molar-refractivity contribution in [2.24, 2.45) is 21.6 Å². The number of nitrogens with two attached hydrogens (primary N) is 2. The fourth-order valence-electron chi connectivity index (χ4n) is 2.30. The van der Waals surface area contributed by atoms with Gasteiger partial charge in [0.05, 0.1) is 13.0 Å². The minimum Gasteiger partial charge on any atom is -0.481 e. The van der Waals surface area contributed by atoms with Crippen LogP contribution in [0, 0.1) is 0 Å². The van der Waals surface area contributed by atoms with Crippen LogP contribution in [0.2, 0.25) is 0 Å². The van der Waals surface area contributed by atoms with Gasteiger partial charge >= 0.3 is 11.9 Å². The molecule has 0 spiro atoms. The van der Waals surface area contributed by atoms with Crippen LogP contribution < -0.4 is 27.4 Å². The predicted octanol–water partition coefficient (Wildman–Crippen LogP) is -2.22. The monoisotopic (exact) mass is 457 g/mol. The zero-order chi connectivity index (χ0) is 24.5. The number of carboxylic acids is 2. The fraction of sp³-hybridized carbons (Fsp3) is 0.625. The van der Waals surface area contributed by atoms with Gasteiger partial charge in [-0.3, -0.25) is 24.2 Å². The number of guanidine groups is 1. The number of hydrogen-bond acceptors (Lipinski definition) is 7. The molecule has 16 heteroatoms. The number of nitrogens with one attached hydrogen (secondary N) is 3. The molecular formula is C16H27N9O7. The third-order valence-corrected chi connectivity index (χ3v) is 3.76. The molecule has 0 bridgehead atoms. The van der Waals surface area contributed by atoms with Crippen LogP contribution >= 0.6 is 0 Å². The number of rotatable bonds is 16. The lowest BCUT2D eigenvalue weighted by Crippen LogP contribution is -2.51. The molecular weight excluding hydrogens is 430 g/mol. The summed E-state index contributed by atoms with van der Waals surface area (Å²) in [5.41, 5.74) is 18.7. The van der Waals surface area contributed by atoms with Crippen molar-refractivity contribution in [1.29, 1.82) is 0 Å². The smallest absolute Gasteiger partial charge is 0.326 e. The zero-order valence-electron chi connectivity index (χ0n) is 17.2. The summed E-state index contributed by atoms with van der Waals surface area (Å²) >= 11 is 0. The van der Waals surface area contributed by atoms with Gasteiger partial charge in [0.2, 0.25) is 17.7 Å². The van der Waals surface area contributed by atoms with Gasteiger partial charge in [-0.05, 0) is 24.8 Å². The summed E-state index contributed by atoms with van der Waals surface area (Å²) in [5.74, 6) is -5.25. The quantitative estimate of drug-likeness (QED) is 0.0329. The standard InChI is InChI=1S/C16H27N9O7/c17-16(18)20-5-1-3-9(23-11(26)4-2-6-22-25-19)14(30)21-8-12(27)24-10(15(31)32)7-13(28)29/h9-10H,1-8H2,(H,21,30)(H,23,26)(H,24,27)(H,28,29)(H,31,32)(H4,17,18,20)/t9-,10-/m0/s1. The van der Waals surface area contributed by atoms with Crippen LogP contribution in [0.15, 0.2) is 10.1 Å². The molecule has 0 aliphatic rings. The second kappa shape index (κ2) is 15.7. The molecule has 0 aromatic carbocycles. The second-order valence-electron chi connectivity index (χ2n) is 6.40. The van der Waals surface area contributed by atoms with Gasteiger partial charge in [-0.2, -0.15) is 0 Å². The van der Waals surface area contributed by atoms with Crippen molar-refractivity contribution in [3.05, 3.63) is 10.4 Å². The highest BCUT2D eigenvalue weighted by Crippen LogP contribution is 2.01. The summed E-state index contributed by atoms with van der Waals surface area (Å²) in [6.07, 6.45) is -0.133. The SMILES string of the molecule is [N-]=[N+]=NCCCC(=O)N[C@@H](CCCN=C(N)N)C(=O)NCC(=O)N[C@@H](CC(=O)O)C(=O)O. The fourth-order valence-corrected chi connectivity index (χ4v) is 2.30. The number of carboxylic acid groups (broad SMARTS) is 2. The summed E-state index contributed by atoms with van der Waals surface area (Å²) in [7, 11) is 0. The van der Waals surface area contributed by atoms with E-state index in [1.807, 2.05) is 5.32 Å². The van der Waals surface area contributed by atoms with E-state index in [1.165, 1.54) is 0 Å². The first kappa shape index (κ1) is 27.9. The maximum Gasteiger partial charge on any atom is 0.326 e. The second-order valence-corrected chi connectivity index (χ2v) is 6.40. The van der Waals surface area contributed by atoms with Crippen LogP contribution in [0.1, 0.15) is 32.1 Å². The van der Waals surface area contributed by atoms with E-state index in [0.717, 1.165) is 0 Å². The number of aliphatic carboxylic acids is 2. The number of amides is 3. The van der Waals surface area contributed by atoms with Crippen LogP contribution in [0.25, 0.3) is 10.4 Å². The van der Waals surface area contributed by atoms with E-state index in [9.17, 15) is 24.0 Å². The Morgan fingerprint density at radius 3 is 2.19 bits per heavy atom. The Morgan fingerprint density at radius 1 is 0.969 bits per heavy atom. The largest absolute Gasteiger partial charge is 0.481 e. The van der Waals surface area contributed by atoms with Crippen molar-refractivity contribution in [1.82, 2.24) is 16.0 Å². The normalized spacial score (nSPS) is 11.8. The molecule has 0 radical (unpaired) electrons. The Kier molecular flexibility index (Phi) is 13.7. The lowest BCUT2D eigenvalue weighted by molar-refractivity contribution is -0.147. The van der Waals surface area contributed by atoms with Gasteiger partial charge in [0, 0.05) is 24.4 Å². The van der Waals surface area contributed by atoms with Crippen LogP contribution in [0.4, 0.5) is 0 Å². The van der Waals surface area contributed by atoms with Crippen molar-refractivity contribution in [2.75, 3.05) is 19.6 Å². The molecule has 0 aromatic heterocycles. The van der Waals surface area contributed by atoms with Crippen molar-refractivity contribution in [3.8, 4) is 0 Å². The molecule has 0 aliphatic heterocycles. The molecule has 0 saturated carbocycles. The minimum atomic E-state index is -1.66. The molecule has 3 amide bonds. The molecule has 2 atom stereocenters. The molecule has 0 unspecified atom stereocenters. The first-order chi connectivity index (χ1) is 15.1. The maximum absolute atomic E-state index is 12.4. The number of carbonyl (C=O) groups excluding carboxylic acids is 3. The zero-order valence-corrected chi connectivity index (χ0v) is 17.2. The molecule has 178 valence electrons. The lowest BCUT2D eigenvalue weighted by atomic mass is 10.1. The van der Waals surface area contributed by atoms with Crippen molar-refractivity contribution >= 4 is 35.6 Å². The number of hydrogen-bond donors (Lipinski definition) is 7. The van der Waals surface area contributed by atoms with Gasteiger partial charge in [-0.15, -0.1) is 0 Å². The first-order valence-corrected chi connectivity index (χ1v) is 9.44. The summed E-state index contributed by atoms with van der Waals surface area (Å²) in [6, 6.07) is -2.71. The van der Waals surface area contributed by atoms with Crippen molar-refractivity contribution < 1.29 is 34.2 Å². The van der Waals surface area contributed by atoms with Gasteiger partial charge in [0.1, 0.15) is 12.1 Å². The number of carbonyl (C=O) groups is 5. The third-order valence-electron chi connectivity index (χ3n) is 3.76. The summed E-state index contributed by atoms with van der Waals surface area (Å²) in [6.45, 7) is -0.346. The molecule has 0 rings (SSSR count). The van der Waals surface area contributed by atoms with Gasteiger partial charge in [-0.25, -0.2) is 4.79 Å². The summed E-state index contributed by atoms with van der Waals surface area (Å²) < 4.78 is 0. The van der Waals surface area contributed by atoms with Crippen LogP contribution in [0.3, 0.4) is 0 Å². The van der Waals surface area contributed by atoms with E-state index in [0.29, 0.717) is 6.42 Å². The van der Waals surface area contributed by atoms with E-state index in [2.05, 4.69) is 25.7 Å². The Hall–Kier alpha value is -4.07. The van der Waals surface area contributed by atoms with Crippen molar-refractivity contribution in [3.63, 3.8) is 0 Å². The predicted molar refractivity (Wildman–Crippen MR) is 110 cm³/mol. The molecule has 9 N–H and O–H groups in total. The number of nitrogens with zero attached hydrogens (tertiary/aromatic N) is 4. The maximum atomic E-state index is 12.4. The third kappa shape index (κ3) is 14.0. The van der Waals surface area contributed by atoms with Crippen LogP contribution in [-0.4, -0.2) is 77.6 Å². The van der Waals surface area contributed by atoms with Gasteiger partial charge in [0.15, 0.2) is 5.96 Å². The highest BCUT2D eigenvalue weighted by Gasteiger charge is 2.24. The van der Waals surface area contributed by atoms with Gasteiger partial charge in [-0.1, -0.05) is 5.11 Å². The van der Waals surface area contributed by atoms with Gasteiger partial charge in [0.25, 0.3) is 0 Å². The van der Waals surface area contributed by atoms with E-state index in [-0.39, 0.29) is 38.3 Å². The number of aliphatic imine (C=N–C) groups is 1. The molecule has 0 aliphatic carbocycles. The lowest BCUT2D eigenvalue weighted by Gasteiger charge is -2.19.